The Labute approximate surface area is 106 Å². The third-order valence-electron chi connectivity index (χ3n) is 2.24. The molecule has 0 radical (unpaired) electrons. The number of anilines is 2. The summed E-state index contributed by atoms with van der Waals surface area (Å²) in [4.78, 5) is 14.2. The first-order valence-electron chi connectivity index (χ1n) is 5.37. The predicted molar refractivity (Wildman–Crippen MR) is 71.0 cm³/mol. The summed E-state index contributed by atoms with van der Waals surface area (Å²) in [6.07, 6.45) is -0.354. The Morgan fingerprint density at radius 2 is 1.94 bits per heavy atom. The van der Waals surface area contributed by atoms with E-state index in [0.29, 0.717) is 17.5 Å². The number of rotatable bonds is 5. The van der Waals surface area contributed by atoms with Crippen LogP contribution in [0, 0.1) is 0 Å². The molecule has 0 fully saturated rings. The van der Waals surface area contributed by atoms with Crippen LogP contribution < -0.4 is 10.6 Å². The molecule has 96 valence electrons. The highest BCUT2D eigenvalue weighted by Crippen LogP contribution is 2.19. The first kappa shape index (κ1) is 14.0. The molecule has 1 heterocycles. The van der Waals surface area contributed by atoms with E-state index < -0.39 is 0 Å². The lowest BCUT2D eigenvalue weighted by molar-refractivity contribution is 0.196. The van der Waals surface area contributed by atoms with Gasteiger partial charge in [0.2, 0.25) is 11.9 Å². The van der Waals surface area contributed by atoms with E-state index in [1.165, 1.54) is 0 Å². The Balaban J connectivity index is 2.71. The fourth-order valence-electron chi connectivity index (χ4n) is 1.03. The van der Waals surface area contributed by atoms with Gasteiger partial charge in [0.25, 0.3) is 0 Å². The molecule has 17 heavy (non-hydrogen) atoms. The number of hydrogen-bond donors (Lipinski definition) is 2. The standard InChI is InChI=1S/C10H19N5OS/c1-6(16)7(2)17-5-8-12-9(11)14-10(13-8)15(3)4/h6-7,16H,5H2,1-4H3,(H2,11,12,13,14). The smallest absolute Gasteiger partial charge is 0.229 e. The van der Waals surface area contributed by atoms with Crippen LogP contribution >= 0.6 is 11.8 Å². The number of nitrogens with zero attached hydrogens (tertiary/aromatic N) is 4. The molecule has 1 rings (SSSR count). The van der Waals surface area contributed by atoms with E-state index in [1.54, 1.807) is 23.6 Å². The number of hydrogen-bond acceptors (Lipinski definition) is 7. The SMILES string of the molecule is CC(O)C(C)SCc1nc(N)nc(N(C)C)n1. The largest absolute Gasteiger partial charge is 0.392 e. The molecule has 0 saturated carbocycles. The van der Waals surface area contributed by atoms with Crippen molar-refractivity contribution in [2.45, 2.75) is 31.0 Å². The molecule has 6 nitrogen and oxygen atoms in total. The second-order valence-electron chi connectivity index (χ2n) is 4.06. The van der Waals surface area contributed by atoms with Gasteiger partial charge in [0, 0.05) is 19.3 Å². The molecule has 0 spiro atoms. The number of nitrogens with two attached hydrogens (primary N) is 1. The highest BCUT2D eigenvalue weighted by Gasteiger charge is 2.12. The fourth-order valence-corrected chi connectivity index (χ4v) is 1.85. The predicted octanol–water partition coefficient (Wildman–Crippen LogP) is 0.522. The molecular formula is C10H19N5OS. The van der Waals surface area contributed by atoms with Gasteiger partial charge in [-0.05, 0) is 6.92 Å². The molecule has 2 unspecified atom stereocenters. The zero-order valence-corrected chi connectivity index (χ0v) is 11.4. The minimum absolute atomic E-state index is 0.135. The summed E-state index contributed by atoms with van der Waals surface area (Å²) in [5, 5.41) is 9.52. The van der Waals surface area contributed by atoms with E-state index in [9.17, 15) is 5.11 Å². The molecule has 0 bridgehead atoms. The van der Waals surface area contributed by atoms with E-state index in [2.05, 4.69) is 15.0 Å². The van der Waals surface area contributed by atoms with E-state index >= 15 is 0 Å². The van der Waals surface area contributed by atoms with Gasteiger partial charge in [0.15, 0.2) is 0 Å². The average molecular weight is 257 g/mol. The van der Waals surface area contributed by atoms with Crippen LogP contribution in [0.15, 0.2) is 0 Å². The molecule has 1 aromatic rings. The summed E-state index contributed by atoms with van der Waals surface area (Å²) in [5.41, 5.74) is 5.62. The molecule has 0 aromatic carbocycles. The van der Waals surface area contributed by atoms with Crippen LogP contribution in [-0.2, 0) is 5.75 Å². The minimum atomic E-state index is -0.354. The maximum absolute atomic E-state index is 9.39. The molecule has 0 aliphatic rings. The first-order valence-corrected chi connectivity index (χ1v) is 6.42. The quantitative estimate of drug-likeness (QED) is 0.795. The number of thioether (sulfide) groups is 1. The zero-order valence-electron chi connectivity index (χ0n) is 10.6. The van der Waals surface area contributed by atoms with Crippen molar-refractivity contribution in [2.75, 3.05) is 24.7 Å². The monoisotopic (exact) mass is 257 g/mol. The van der Waals surface area contributed by atoms with Gasteiger partial charge in [-0.1, -0.05) is 6.92 Å². The first-order chi connectivity index (χ1) is 7.90. The van der Waals surface area contributed by atoms with Crippen molar-refractivity contribution in [2.24, 2.45) is 0 Å². The lowest BCUT2D eigenvalue weighted by Gasteiger charge is -2.14. The van der Waals surface area contributed by atoms with E-state index in [0.717, 1.165) is 0 Å². The van der Waals surface area contributed by atoms with Gasteiger partial charge in [-0.15, -0.1) is 11.8 Å². The van der Waals surface area contributed by atoms with Crippen LogP contribution in [0.3, 0.4) is 0 Å². The maximum atomic E-state index is 9.39. The second-order valence-corrected chi connectivity index (χ2v) is 5.43. The molecular weight excluding hydrogens is 238 g/mol. The summed E-state index contributed by atoms with van der Waals surface area (Å²) in [6, 6.07) is 0. The number of aliphatic hydroxyl groups excluding tert-OH is 1. The molecule has 0 aliphatic heterocycles. The lowest BCUT2D eigenvalue weighted by atomic mass is 10.3. The van der Waals surface area contributed by atoms with Crippen molar-refractivity contribution in [3.05, 3.63) is 5.82 Å². The number of aliphatic hydroxyl groups is 1. The van der Waals surface area contributed by atoms with Crippen molar-refractivity contribution in [1.29, 1.82) is 0 Å². The van der Waals surface area contributed by atoms with Gasteiger partial charge >= 0.3 is 0 Å². The summed E-state index contributed by atoms with van der Waals surface area (Å²) in [7, 11) is 3.70. The second kappa shape index (κ2) is 6.02. The average Bonchev–Trinajstić information content (AvgIpc) is 2.24. The van der Waals surface area contributed by atoms with Crippen LogP contribution in [-0.4, -0.2) is 45.5 Å². The highest BCUT2D eigenvalue weighted by molar-refractivity contribution is 7.99. The van der Waals surface area contributed by atoms with Gasteiger partial charge in [-0.3, -0.25) is 0 Å². The lowest BCUT2D eigenvalue weighted by Crippen LogP contribution is -2.18. The van der Waals surface area contributed by atoms with Gasteiger partial charge in [-0.25, -0.2) is 0 Å². The topological polar surface area (TPSA) is 88.2 Å². The van der Waals surface area contributed by atoms with Gasteiger partial charge in [0.05, 0.1) is 11.9 Å². The molecule has 1 aromatic heterocycles. The molecule has 0 aliphatic carbocycles. The van der Waals surface area contributed by atoms with Crippen LogP contribution in [0.25, 0.3) is 0 Å². The van der Waals surface area contributed by atoms with E-state index in [4.69, 9.17) is 5.73 Å². The van der Waals surface area contributed by atoms with Crippen molar-refractivity contribution >= 4 is 23.7 Å². The molecule has 7 heteroatoms. The Kier molecular flexibility index (Phi) is 4.95. The fraction of sp³-hybridized carbons (Fsp3) is 0.700. The third kappa shape index (κ3) is 4.35. The van der Waals surface area contributed by atoms with Crippen molar-refractivity contribution < 1.29 is 5.11 Å². The Morgan fingerprint density at radius 3 is 2.47 bits per heavy atom. The number of aromatic nitrogens is 3. The summed E-state index contributed by atoms with van der Waals surface area (Å²) < 4.78 is 0. The normalized spacial score (nSPS) is 14.4. The van der Waals surface area contributed by atoms with Crippen LogP contribution in [0.1, 0.15) is 19.7 Å². The van der Waals surface area contributed by atoms with Gasteiger partial charge in [-0.2, -0.15) is 15.0 Å². The maximum Gasteiger partial charge on any atom is 0.229 e. The minimum Gasteiger partial charge on any atom is -0.392 e. The third-order valence-corrected chi connectivity index (χ3v) is 3.59. The van der Waals surface area contributed by atoms with Crippen molar-refractivity contribution in [1.82, 2.24) is 15.0 Å². The van der Waals surface area contributed by atoms with Crippen LogP contribution in [0.2, 0.25) is 0 Å². The summed E-state index contributed by atoms with van der Waals surface area (Å²) >= 11 is 1.59. The highest BCUT2D eigenvalue weighted by atomic mass is 32.2. The van der Waals surface area contributed by atoms with Crippen LogP contribution in [0.5, 0.6) is 0 Å². The Bertz CT molecular complexity index is 372. The Morgan fingerprint density at radius 1 is 1.29 bits per heavy atom. The molecule has 2 atom stereocenters. The van der Waals surface area contributed by atoms with Gasteiger partial charge in [0.1, 0.15) is 5.82 Å². The molecule has 0 amide bonds. The van der Waals surface area contributed by atoms with Gasteiger partial charge < -0.3 is 15.7 Å². The molecule has 3 N–H and O–H groups in total. The zero-order chi connectivity index (χ0) is 13.0. The molecule has 0 saturated heterocycles. The van der Waals surface area contributed by atoms with Crippen molar-refractivity contribution in [3.63, 3.8) is 0 Å². The summed E-state index contributed by atoms with van der Waals surface area (Å²) in [5.74, 6) is 2.03. The summed E-state index contributed by atoms with van der Waals surface area (Å²) in [6.45, 7) is 3.73. The Hall–Kier alpha value is -1.08. The van der Waals surface area contributed by atoms with Crippen molar-refractivity contribution in [3.8, 4) is 0 Å². The van der Waals surface area contributed by atoms with E-state index in [-0.39, 0.29) is 17.3 Å². The van der Waals surface area contributed by atoms with Crippen LogP contribution in [0.4, 0.5) is 11.9 Å². The van der Waals surface area contributed by atoms with E-state index in [1.807, 2.05) is 21.0 Å². The number of nitrogen functional groups attached to an aromatic ring is 1.